The second-order valence-electron chi connectivity index (χ2n) is 13.6. The van der Waals surface area contributed by atoms with E-state index in [0.717, 1.165) is 67.0 Å². The molecule has 3 heterocycles. The Bertz CT molecular complexity index is 2720. The van der Waals surface area contributed by atoms with Crippen molar-refractivity contribution in [2.75, 3.05) is 4.90 Å². The molecule has 10 rings (SSSR count). The number of aromatic nitrogens is 2. The van der Waals surface area contributed by atoms with Crippen LogP contribution in [-0.2, 0) is 5.41 Å². The highest BCUT2D eigenvalue weighted by molar-refractivity contribution is 6.12. The van der Waals surface area contributed by atoms with Gasteiger partial charge in [0.2, 0.25) is 0 Å². The molecule has 0 fully saturated rings. The summed E-state index contributed by atoms with van der Waals surface area (Å²) in [6, 6.07) is 58.1. The van der Waals surface area contributed by atoms with Gasteiger partial charge in [-0.15, -0.1) is 0 Å². The number of benzene rings is 7. The van der Waals surface area contributed by atoms with Crippen molar-refractivity contribution in [2.45, 2.75) is 19.3 Å². The zero-order valence-electron chi connectivity index (χ0n) is 27.8. The molecule has 1 aliphatic rings. The van der Waals surface area contributed by atoms with E-state index >= 15 is 0 Å². The molecule has 4 heteroatoms. The molecule has 0 unspecified atom stereocenters. The van der Waals surface area contributed by atoms with Crippen LogP contribution in [0.25, 0.3) is 60.9 Å². The van der Waals surface area contributed by atoms with Crippen LogP contribution in [0.15, 0.2) is 168 Å². The number of hydrogen-bond donors (Lipinski definition) is 0. The molecule has 0 amide bonds. The lowest BCUT2D eigenvalue weighted by Gasteiger charge is -2.26. The lowest BCUT2D eigenvalue weighted by molar-refractivity contribution is 0.621. The summed E-state index contributed by atoms with van der Waals surface area (Å²) in [4.78, 5) is 7.77. The van der Waals surface area contributed by atoms with Crippen molar-refractivity contribution in [2.24, 2.45) is 0 Å². The summed E-state index contributed by atoms with van der Waals surface area (Å²) in [6.07, 6.45) is 0. The van der Waals surface area contributed by atoms with Gasteiger partial charge in [-0.1, -0.05) is 109 Å². The number of hydrogen-bond acceptors (Lipinski definition) is 3. The summed E-state index contributed by atoms with van der Waals surface area (Å²) in [7, 11) is 0. The predicted molar refractivity (Wildman–Crippen MR) is 206 cm³/mol. The van der Waals surface area contributed by atoms with Crippen LogP contribution in [0.1, 0.15) is 25.2 Å². The highest BCUT2D eigenvalue weighted by Crippen LogP contribution is 2.47. The van der Waals surface area contributed by atoms with Crippen molar-refractivity contribution < 1.29 is 4.42 Å². The Kier molecular flexibility index (Phi) is 6.19. The van der Waals surface area contributed by atoms with Crippen LogP contribution in [0.2, 0.25) is 0 Å². The van der Waals surface area contributed by atoms with Gasteiger partial charge >= 0.3 is 0 Å². The number of furan rings is 1. The van der Waals surface area contributed by atoms with Crippen molar-refractivity contribution >= 4 is 50.0 Å². The average Bonchev–Trinajstić information content (AvgIpc) is 3.82. The molecule has 4 nitrogen and oxygen atoms in total. The van der Waals surface area contributed by atoms with Crippen LogP contribution in [0, 0.1) is 0 Å². The van der Waals surface area contributed by atoms with Crippen LogP contribution in [0.5, 0.6) is 0 Å². The predicted octanol–water partition coefficient (Wildman–Crippen LogP) is 12.4. The van der Waals surface area contributed by atoms with Crippen molar-refractivity contribution in [3.05, 3.63) is 175 Å². The van der Waals surface area contributed by atoms with Crippen molar-refractivity contribution in [3.8, 4) is 27.9 Å². The van der Waals surface area contributed by atoms with E-state index in [-0.39, 0.29) is 5.41 Å². The number of para-hydroxylation sites is 3. The molecule has 0 spiro atoms. The number of nitrogens with zero attached hydrogens (tertiary/aromatic N) is 3. The molecule has 9 aromatic rings. The second kappa shape index (κ2) is 10.8. The number of fused-ring (bicyclic) bond motifs is 8. The Labute approximate surface area is 290 Å². The Hall–Kier alpha value is -6.39. The zero-order valence-corrected chi connectivity index (χ0v) is 27.8. The largest absolute Gasteiger partial charge is 0.456 e. The number of anilines is 3. The van der Waals surface area contributed by atoms with Gasteiger partial charge in [0.25, 0.3) is 0 Å². The topological polar surface area (TPSA) is 34.2 Å². The minimum absolute atomic E-state index is 0.213. The number of imidazole rings is 1. The Morgan fingerprint density at radius 2 is 1.20 bits per heavy atom. The summed E-state index contributed by atoms with van der Waals surface area (Å²) < 4.78 is 8.57. The molecule has 50 heavy (non-hydrogen) atoms. The molecular weight excluding hydrogens is 611 g/mol. The van der Waals surface area contributed by atoms with Gasteiger partial charge in [0, 0.05) is 22.1 Å². The van der Waals surface area contributed by atoms with E-state index in [1.165, 1.54) is 22.4 Å². The van der Waals surface area contributed by atoms with E-state index in [1.54, 1.807) is 0 Å². The third kappa shape index (κ3) is 4.21. The lowest BCUT2D eigenvalue weighted by atomic mass is 9.86. The molecule has 238 valence electrons. The van der Waals surface area contributed by atoms with E-state index in [0.29, 0.717) is 0 Å². The summed E-state index contributed by atoms with van der Waals surface area (Å²) in [5, 5.41) is 2.27. The highest BCUT2D eigenvalue weighted by atomic mass is 16.3. The first-order valence-corrected chi connectivity index (χ1v) is 17.1. The molecule has 0 radical (unpaired) electrons. The maximum absolute atomic E-state index is 6.22. The van der Waals surface area contributed by atoms with E-state index in [4.69, 9.17) is 9.40 Å². The molecule has 0 aliphatic carbocycles. The summed E-state index contributed by atoms with van der Waals surface area (Å²) >= 11 is 0. The van der Waals surface area contributed by atoms with Crippen LogP contribution in [0.4, 0.5) is 17.1 Å². The van der Waals surface area contributed by atoms with Gasteiger partial charge in [-0.05, 0) is 96.3 Å². The zero-order chi connectivity index (χ0) is 33.4. The Balaban J connectivity index is 1.15. The summed E-state index contributed by atoms with van der Waals surface area (Å²) in [5.41, 5.74) is 14.0. The minimum Gasteiger partial charge on any atom is -0.456 e. The number of rotatable bonds is 5. The van der Waals surface area contributed by atoms with Crippen molar-refractivity contribution in [1.29, 1.82) is 0 Å². The van der Waals surface area contributed by atoms with Gasteiger partial charge in [0.05, 0.1) is 22.3 Å². The molecule has 0 atom stereocenters. The first-order valence-electron chi connectivity index (χ1n) is 17.1. The van der Waals surface area contributed by atoms with Gasteiger partial charge in [-0.3, -0.25) is 4.57 Å². The fourth-order valence-corrected chi connectivity index (χ4v) is 7.91. The van der Waals surface area contributed by atoms with Crippen molar-refractivity contribution in [1.82, 2.24) is 9.55 Å². The van der Waals surface area contributed by atoms with E-state index in [9.17, 15) is 0 Å². The normalized spacial score (nSPS) is 13.2. The molecule has 1 aliphatic heterocycles. The smallest absolute Gasteiger partial charge is 0.136 e. The summed E-state index contributed by atoms with van der Waals surface area (Å²) in [6.45, 7) is 4.55. The second-order valence-corrected chi connectivity index (χ2v) is 13.6. The molecular formula is C46H33N3O. The fraction of sp³-hybridized carbons (Fsp3) is 0.0652. The average molecular weight is 644 g/mol. The third-order valence-corrected chi connectivity index (χ3v) is 10.4. The quantitative estimate of drug-likeness (QED) is 0.187. The van der Waals surface area contributed by atoms with Gasteiger partial charge < -0.3 is 9.32 Å². The van der Waals surface area contributed by atoms with E-state index < -0.39 is 0 Å². The van der Waals surface area contributed by atoms with Crippen LogP contribution >= 0.6 is 0 Å². The monoisotopic (exact) mass is 643 g/mol. The first kappa shape index (κ1) is 28.6. The first-order chi connectivity index (χ1) is 24.6. The molecule has 0 bridgehead atoms. The molecule has 0 N–H and O–H groups in total. The maximum Gasteiger partial charge on any atom is 0.136 e. The SMILES string of the molecule is CC1(C)c2ccccc2-n2c1nc1c(N(c3ccc(-c4ccccc4)cc3)c3ccc(-c4cccc5oc6ccccc6c45)cc3)cccc12. The third-order valence-electron chi connectivity index (χ3n) is 10.4. The van der Waals surface area contributed by atoms with Gasteiger partial charge in [0.15, 0.2) is 0 Å². The van der Waals surface area contributed by atoms with Crippen LogP contribution in [0.3, 0.4) is 0 Å². The Morgan fingerprint density at radius 1 is 0.560 bits per heavy atom. The van der Waals surface area contributed by atoms with Gasteiger partial charge in [0.1, 0.15) is 22.5 Å². The summed E-state index contributed by atoms with van der Waals surface area (Å²) in [5.74, 6) is 1.07. The Morgan fingerprint density at radius 3 is 2.00 bits per heavy atom. The van der Waals surface area contributed by atoms with Crippen LogP contribution in [-0.4, -0.2) is 9.55 Å². The molecule has 2 aromatic heterocycles. The maximum atomic E-state index is 6.22. The van der Waals surface area contributed by atoms with Gasteiger partial charge in [-0.2, -0.15) is 0 Å². The van der Waals surface area contributed by atoms with E-state index in [1.807, 2.05) is 12.1 Å². The fourth-order valence-electron chi connectivity index (χ4n) is 7.91. The highest BCUT2D eigenvalue weighted by Gasteiger charge is 2.39. The standard InChI is InChI=1S/C46H33N3O/c1-46(2)37-16-7-8-17-38(37)49-40-19-11-18-39(44(40)47-45(46)49)48(33-26-22-31(23-27-33)30-12-4-3-5-13-30)34-28-24-32(25-29-34)35-15-10-21-42-43(35)36-14-6-9-20-41(36)50-42/h3-29H,1-2H3. The lowest BCUT2D eigenvalue weighted by Crippen LogP contribution is -2.16. The van der Waals surface area contributed by atoms with E-state index in [2.05, 4.69) is 175 Å². The van der Waals surface area contributed by atoms with Crippen molar-refractivity contribution in [3.63, 3.8) is 0 Å². The molecule has 7 aromatic carbocycles. The van der Waals surface area contributed by atoms with Crippen LogP contribution < -0.4 is 4.90 Å². The van der Waals surface area contributed by atoms with Gasteiger partial charge in [-0.25, -0.2) is 4.98 Å². The minimum atomic E-state index is -0.213. The molecule has 0 saturated carbocycles. The molecule has 0 saturated heterocycles.